The third-order valence-corrected chi connectivity index (χ3v) is 8.16. The van der Waals surface area contributed by atoms with Crippen LogP contribution in [0.15, 0.2) is 102 Å². The molecule has 0 bridgehead atoms. The van der Waals surface area contributed by atoms with Crippen molar-refractivity contribution in [3.05, 3.63) is 116 Å². The Hall–Kier alpha value is -1.17. The molecule has 9 nitrogen and oxygen atoms in total. The van der Waals surface area contributed by atoms with Crippen LogP contribution < -0.4 is 10.6 Å². The number of aldehydes is 1. The van der Waals surface area contributed by atoms with Crippen molar-refractivity contribution in [2.24, 2.45) is 0 Å². The zero-order chi connectivity index (χ0) is 32.4. The van der Waals surface area contributed by atoms with Gasteiger partial charge in [-0.05, 0) is 16.9 Å². The van der Waals surface area contributed by atoms with Crippen LogP contribution >= 0.6 is 25.1 Å². The van der Waals surface area contributed by atoms with Gasteiger partial charge in [0.25, 0.3) is 0 Å². The molecule has 0 spiro atoms. The van der Waals surface area contributed by atoms with E-state index in [0.29, 0.717) is 6.29 Å². The summed E-state index contributed by atoms with van der Waals surface area (Å²) >= 11 is 4.81. The quantitative estimate of drug-likeness (QED) is 0.0578. The second kappa shape index (κ2) is 41.8. The molecule has 0 aliphatic heterocycles. The second-order valence-corrected chi connectivity index (χ2v) is 11.9. The Labute approximate surface area is 291 Å². The Kier molecular flexibility index (Phi) is 49.8. The number of carbonyl (C=O) groups is 1. The molecule has 0 fully saturated rings. The molecule has 3 rings (SSSR count). The minimum atomic E-state index is -1.05. The van der Waals surface area contributed by atoms with Crippen molar-refractivity contribution in [3.63, 3.8) is 0 Å². The van der Waals surface area contributed by atoms with E-state index in [1.54, 1.807) is 42.7 Å². The van der Waals surface area contributed by atoms with Crippen LogP contribution in [0.25, 0.3) is 0 Å². The molecular weight excluding hydrogens is 735 g/mol. The molecule has 0 N–H and O–H groups in total. The molecule has 15 heteroatoms. The summed E-state index contributed by atoms with van der Waals surface area (Å²) in [7, 11) is 6.51. The number of hydrogen-bond donors (Lipinski definition) is 0. The van der Waals surface area contributed by atoms with Gasteiger partial charge in [-0.1, -0.05) is 98.9 Å². The van der Waals surface area contributed by atoms with Gasteiger partial charge < -0.3 is 50.6 Å². The fraction of sp³-hybridized carbons (Fsp3) is 0.207. The standard InChI is InChI=1S/C15H12OP.C6H6S.2C3H9O3P.2CO.2Co/c16-12-7-13-17(14-8-3-1-4-9-14)15-10-5-2-6-11-15;7-6-4-2-1-3-5-6;2*1-4-7(5-2)6-3;2*1-2;;/h1-6,8-13H;1-5,7H;2*1-3H3;;;;/q-1;;;;;;;+2/p-1. The molecule has 0 aromatic heterocycles. The van der Waals surface area contributed by atoms with E-state index in [1.807, 2.05) is 72.5 Å². The second-order valence-electron chi connectivity index (χ2n) is 6.31. The number of carbonyl (C=O) groups excluding carboxylic acids is 1. The average molecular weight is 770 g/mol. The van der Waals surface area contributed by atoms with Gasteiger partial charge in [-0.2, -0.15) is 4.90 Å². The summed E-state index contributed by atoms with van der Waals surface area (Å²) in [4.78, 5) is 11.3. The normalized spacial score (nSPS) is 8.93. The number of hydrogen-bond acceptors (Lipinski definition) is 8. The van der Waals surface area contributed by atoms with Crippen LogP contribution in [0.3, 0.4) is 0 Å². The van der Waals surface area contributed by atoms with Crippen molar-refractivity contribution in [2.75, 3.05) is 42.7 Å². The summed E-state index contributed by atoms with van der Waals surface area (Å²) < 4.78 is 43.0. The minimum absolute atomic E-state index is 0. The first kappa shape index (κ1) is 52.4. The molecule has 3 aromatic rings. The van der Waals surface area contributed by atoms with E-state index in [9.17, 15) is 4.79 Å². The molecule has 0 amide bonds. The average Bonchev–Trinajstić information content (AvgIpc) is 3.07. The third kappa shape index (κ3) is 29.5. The number of rotatable bonds is 10. The van der Waals surface area contributed by atoms with Gasteiger partial charge in [0.15, 0.2) is 0 Å². The number of allylic oxidation sites excluding steroid dienone is 1. The van der Waals surface area contributed by atoms with Crippen molar-refractivity contribution in [3.8, 4) is 0 Å². The van der Waals surface area contributed by atoms with Crippen LogP contribution in [-0.2, 0) is 87.4 Å². The Morgan fingerprint density at radius 1 is 0.614 bits per heavy atom. The first-order valence-corrected chi connectivity index (χ1v) is 15.4. The summed E-state index contributed by atoms with van der Waals surface area (Å²) in [5.74, 6) is 1.87. The molecule has 3 aromatic carbocycles. The van der Waals surface area contributed by atoms with E-state index in [1.165, 1.54) is 10.6 Å². The summed E-state index contributed by atoms with van der Waals surface area (Å²) in [6, 6.07) is 30.0. The van der Waals surface area contributed by atoms with Crippen molar-refractivity contribution in [1.82, 2.24) is 0 Å². The maximum atomic E-state index is 10.4. The predicted molar refractivity (Wildman–Crippen MR) is 169 cm³/mol. The van der Waals surface area contributed by atoms with Gasteiger partial charge in [0, 0.05) is 59.4 Å². The van der Waals surface area contributed by atoms with E-state index in [4.69, 9.17) is 21.9 Å². The minimum Gasteiger partial charge on any atom is -0.780 e. The molecule has 0 saturated carbocycles. The largest absolute Gasteiger partial charge is 2.00 e. The Bertz CT molecular complexity index is 980. The van der Waals surface area contributed by atoms with Crippen LogP contribution in [0.1, 0.15) is 0 Å². The van der Waals surface area contributed by atoms with E-state index < -0.39 is 25.1 Å². The molecule has 2 radical (unpaired) electrons. The van der Waals surface area contributed by atoms with Gasteiger partial charge in [-0.3, -0.25) is 0 Å². The topological polar surface area (TPSA) is 112 Å². The van der Waals surface area contributed by atoms with Crippen molar-refractivity contribution in [2.45, 2.75) is 4.90 Å². The molecular formula is C29H35Co2O9P3S. The fourth-order valence-corrected chi connectivity index (χ4v) is 5.29. The van der Waals surface area contributed by atoms with E-state index in [-0.39, 0.29) is 33.6 Å². The monoisotopic (exact) mass is 770 g/mol. The fourth-order valence-electron chi connectivity index (χ4n) is 2.45. The summed E-state index contributed by atoms with van der Waals surface area (Å²) in [5, 5.41) is 2.45. The molecule has 0 heterocycles. The van der Waals surface area contributed by atoms with Crippen LogP contribution in [0, 0.1) is 19.4 Å². The first-order chi connectivity index (χ1) is 20.5. The first-order valence-electron chi connectivity index (χ1n) is 11.4. The SMILES string of the molecule is COP(OC)OC.COP(OC)OC.O=C[C-]=CP(c1ccccc1)c1ccccc1.[C-]#[O+].[C-]#[O+].[Co+2].[Co].[S-]c1ccccc1. The van der Waals surface area contributed by atoms with E-state index in [0.717, 1.165) is 4.90 Å². The van der Waals surface area contributed by atoms with Gasteiger partial charge in [0.2, 0.25) is 0 Å². The van der Waals surface area contributed by atoms with E-state index in [2.05, 4.69) is 70.8 Å². The van der Waals surface area contributed by atoms with Gasteiger partial charge in [-0.25, -0.2) is 5.82 Å². The van der Waals surface area contributed by atoms with Gasteiger partial charge in [0.05, 0.1) is 0 Å². The molecule has 0 saturated heterocycles. The molecule has 244 valence electrons. The molecule has 0 unspecified atom stereocenters. The number of benzene rings is 3. The maximum Gasteiger partial charge on any atom is 2.00 e. The summed E-state index contributed by atoms with van der Waals surface area (Å²) in [6.07, 6.45) is 3.38. The smallest absolute Gasteiger partial charge is 0.780 e. The summed E-state index contributed by atoms with van der Waals surface area (Å²) in [5.41, 5.74) is 0. The van der Waals surface area contributed by atoms with Crippen LogP contribution in [0.2, 0.25) is 0 Å². The Balaban J connectivity index is -0.000000160. The zero-order valence-corrected chi connectivity index (χ0v) is 30.5. The van der Waals surface area contributed by atoms with E-state index >= 15 is 0 Å². The predicted octanol–water partition coefficient (Wildman–Crippen LogP) is 6.45. The molecule has 0 aliphatic carbocycles. The van der Waals surface area contributed by atoms with Crippen molar-refractivity contribution < 1.29 is 74.8 Å². The molecule has 44 heavy (non-hydrogen) atoms. The zero-order valence-electron chi connectivity index (χ0n) is 24.9. The van der Waals surface area contributed by atoms with Crippen molar-refractivity contribution in [1.29, 1.82) is 0 Å². The molecule has 0 aliphatic rings. The Morgan fingerprint density at radius 3 is 1.07 bits per heavy atom. The van der Waals surface area contributed by atoms with Gasteiger partial charge >= 0.3 is 56.6 Å². The Morgan fingerprint density at radius 2 is 0.886 bits per heavy atom. The van der Waals surface area contributed by atoms with Crippen LogP contribution in [0.4, 0.5) is 0 Å². The summed E-state index contributed by atoms with van der Waals surface area (Å²) in [6.45, 7) is 9.00. The van der Waals surface area contributed by atoms with Crippen LogP contribution in [0.5, 0.6) is 0 Å². The maximum absolute atomic E-state index is 10.4. The molecule has 0 atom stereocenters. The van der Waals surface area contributed by atoms with Gasteiger partial charge in [-0.15, -0.1) is 0 Å². The third-order valence-electron chi connectivity index (χ3n) is 3.98. The van der Waals surface area contributed by atoms with Crippen molar-refractivity contribution >= 4 is 54.7 Å². The van der Waals surface area contributed by atoms with Gasteiger partial charge in [0.1, 0.15) is 0 Å². The van der Waals surface area contributed by atoms with Crippen LogP contribution in [-0.4, -0.2) is 48.9 Å².